The van der Waals surface area contributed by atoms with Crippen LogP contribution in [0.5, 0.6) is 0 Å². The number of aliphatic hydroxyl groups excluding tert-OH is 1. The Balaban J connectivity index is 1.84. The van der Waals surface area contributed by atoms with E-state index in [1.165, 1.54) is 0 Å². The summed E-state index contributed by atoms with van der Waals surface area (Å²) >= 11 is 0. The number of hydrogen-bond acceptors (Lipinski definition) is 4. The average Bonchev–Trinajstić information content (AvgIpc) is 2.87. The van der Waals surface area contributed by atoms with Crippen molar-refractivity contribution in [2.24, 2.45) is 0 Å². The SMILES string of the molecule is C#CCCCCNCC(O)COCC1CCCO1. The molecule has 2 N–H and O–H groups in total. The second kappa shape index (κ2) is 10.3. The standard InChI is InChI=1S/C14H25NO3/c1-2-3-4-5-8-15-10-13(16)11-17-12-14-7-6-9-18-14/h1,13-16H,3-12H2. The van der Waals surface area contributed by atoms with Crippen molar-refractivity contribution in [1.29, 1.82) is 0 Å². The fourth-order valence-electron chi connectivity index (χ4n) is 1.92. The van der Waals surface area contributed by atoms with Crippen molar-refractivity contribution in [2.45, 2.75) is 44.3 Å². The van der Waals surface area contributed by atoms with Crippen molar-refractivity contribution in [1.82, 2.24) is 5.32 Å². The second-order valence-corrected chi connectivity index (χ2v) is 4.69. The molecule has 1 rings (SSSR count). The lowest BCUT2D eigenvalue weighted by atomic mass is 10.2. The number of unbranched alkanes of at least 4 members (excludes halogenated alkanes) is 2. The van der Waals surface area contributed by atoms with Crippen molar-refractivity contribution in [3.63, 3.8) is 0 Å². The molecule has 0 aromatic carbocycles. The van der Waals surface area contributed by atoms with Crippen LogP contribution in [0.3, 0.4) is 0 Å². The fourth-order valence-corrected chi connectivity index (χ4v) is 1.92. The number of nitrogens with one attached hydrogen (secondary N) is 1. The van der Waals surface area contributed by atoms with E-state index in [0.717, 1.165) is 45.3 Å². The Bertz CT molecular complexity index is 234. The van der Waals surface area contributed by atoms with Gasteiger partial charge in [-0.05, 0) is 32.2 Å². The molecule has 104 valence electrons. The Morgan fingerprint density at radius 1 is 1.50 bits per heavy atom. The quantitative estimate of drug-likeness (QED) is 0.450. The minimum atomic E-state index is -0.445. The minimum absolute atomic E-state index is 0.230. The molecule has 1 saturated heterocycles. The largest absolute Gasteiger partial charge is 0.389 e. The molecule has 0 aromatic rings. The van der Waals surface area contributed by atoms with Gasteiger partial charge in [0, 0.05) is 19.6 Å². The van der Waals surface area contributed by atoms with Gasteiger partial charge >= 0.3 is 0 Å². The highest BCUT2D eigenvalue weighted by molar-refractivity contribution is 4.82. The first-order chi connectivity index (χ1) is 8.83. The van der Waals surface area contributed by atoms with Gasteiger partial charge in [-0.15, -0.1) is 12.3 Å². The van der Waals surface area contributed by atoms with E-state index in [1.54, 1.807) is 0 Å². The summed E-state index contributed by atoms with van der Waals surface area (Å²) in [6.45, 7) is 3.28. The maximum Gasteiger partial charge on any atom is 0.0897 e. The molecule has 4 nitrogen and oxygen atoms in total. The Kier molecular flexibility index (Phi) is 8.87. The van der Waals surface area contributed by atoms with Crippen LogP contribution in [0.2, 0.25) is 0 Å². The maximum absolute atomic E-state index is 9.67. The summed E-state index contributed by atoms with van der Waals surface area (Å²) < 4.78 is 10.9. The molecule has 1 aliphatic rings. The molecular weight excluding hydrogens is 230 g/mol. The van der Waals surface area contributed by atoms with Crippen molar-refractivity contribution < 1.29 is 14.6 Å². The highest BCUT2D eigenvalue weighted by Crippen LogP contribution is 2.11. The molecule has 1 aliphatic heterocycles. The van der Waals surface area contributed by atoms with E-state index in [-0.39, 0.29) is 6.10 Å². The highest BCUT2D eigenvalue weighted by Gasteiger charge is 2.15. The zero-order chi connectivity index (χ0) is 13.1. The van der Waals surface area contributed by atoms with Crippen LogP contribution in [0.4, 0.5) is 0 Å². The van der Waals surface area contributed by atoms with Crippen LogP contribution in [-0.4, -0.2) is 50.2 Å². The van der Waals surface area contributed by atoms with Gasteiger partial charge in [0.05, 0.1) is 25.4 Å². The van der Waals surface area contributed by atoms with Crippen molar-refractivity contribution in [2.75, 3.05) is 32.9 Å². The first-order valence-corrected chi connectivity index (χ1v) is 6.84. The minimum Gasteiger partial charge on any atom is -0.389 e. The van der Waals surface area contributed by atoms with Crippen LogP contribution < -0.4 is 5.32 Å². The molecule has 0 bridgehead atoms. The molecule has 18 heavy (non-hydrogen) atoms. The zero-order valence-electron chi connectivity index (χ0n) is 11.1. The molecule has 0 radical (unpaired) electrons. The van der Waals surface area contributed by atoms with Crippen LogP contribution >= 0.6 is 0 Å². The van der Waals surface area contributed by atoms with E-state index in [4.69, 9.17) is 15.9 Å². The monoisotopic (exact) mass is 255 g/mol. The molecule has 1 heterocycles. The van der Waals surface area contributed by atoms with Crippen LogP contribution in [-0.2, 0) is 9.47 Å². The van der Waals surface area contributed by atoms with Gasteiger partial charge in [-0.25, -0.2) is 0 Å². The Morgan fingerprint density at radius 2 is 2.39 bits per heavy atom. The van der Waals surface area contributed by atoms with E-state index < -0.39 is 6.10 Å². The van der Waals surface area contributed by atoms with Crippen LogP contribution in [0, 0.1) is 12.3 Å². The van der Waals surface area contributed by atoms with Crippen molar-refractivity contribution >= 4 is 0 Å². The molecule has 0 aliphatic carbocycles. The molecular formula is C14H25NO3. The van der Waals surface area contributed by atoms with E-state index in [9.17, 15) is 5.11 Å². The van der Waals surface area contributed by atoms with Gasteiger partial charge in [-0.3, -0.25) is 0 Å². The summed E-state index contributed by atoms with van der Waals surface area (Å²) in [5.74, 6) is 2.61. The van der Waals surface area contributed by atoms with Gasteiger partial charge in [-0.1, -0.05) is 0 Å². The third-order valence-corrected chi connectivity index (χ3v) is 2.94. The van der Waals surface area contributed by atoms with E-state index >= 15 is 0 Å². The predicted molar refractivity (Wildman–Crippen MR) is 71.4 cm³/mol. The van der Waals surface area contributed by atoms with Gasteiger partial charge in [0.15, 0.2) is 0 Å². The molecule has 0 aromatic heterocycles. The van der Waals surface area contributed by atoms with Gasteiger partial charge in [0.1, 0.15) is 0 Å². The molecule has 2 atom stereocenters. The smallest absolute Gasteiger partial charge is 0.0897 e. The number of aliphatic hydroxyl groups is 1. The summed E-state index contributed by atoms with van der Waals surface area (Å²) in [6.07, 6.45) is 10.1. The number of ether oxygens (including phenoxy) is 2. The number of terminal acetylenes is 1. The fraction of sp³-hybridized carbons (Fsp3) is 0.857. The van der Waals surface area contributed by atoms with Crippen molar-refractivity contribution in [3.05, 3.63) is 0 Å². The Labute approximate surface area is 110 Å². The summed E-state index contributed by atoms with van der Waals surface area (Å²) in [7, 11) is 0. The van der Waals surface area contributed by atoms with Crippen LogP contribution in [0.15, 0.2) is 0 Å². The third kappa shape index (κ3) is 7.67. The summed E-state index contributed by atoms with van der Waals surface area (Å²) in [5.41, 5.74) is 0. The summed E-state index contributed by atoms with van der Waals surface area (Å²) in [5, 5.41) is 12.9. The molecule has 4 heteroatoms. The summed E-state index contributed by atoms with van der Waals surface area (Å²) in [4.78, 5) is 0. The highest BCUT2D eigenvalue weighted by atomic mass is 16.5. The normalized spacial score (nSPS) is 20.8. The lowest BCUT2D eigenvalue weighted by Gasteiger charge is -2.14. The zero-order valence-corrected chi connectivity index (χ0v) is 11.1. The van der Waals surface area contributed by atoms with Crippen molar-refractivity contribution in [3.8, 4) is 12.3 Å². The first kappa shape index (κ1) is 15.5. The Morgan fingerprint density at radius 3 is 3.11 bits per heavy atom. The van der Waals surface area contributed by atoms with E-state index in [1.807, 2.05) is 0 Å². The topological polar surface area (TPSA) is 50.7 Å². The van der Waals surface area contributed by atoms with Gasteiger partial charge in [0.2, 0.25) is 0 Å². The molecule has 2 unspecified atom stereocenters. The average molecular weight is 255 g/mol. The number of hydrogen-bond donors (Lipinski definition) is 2. The Hall–Kier alpha value is -0.600. The molecule has 0 spiro atoms. The lowest BCUT2D eigenvalue weighted by molar-refractivity contribution is -0.0163. The lowest BCUT2D eigenvalue weighted by Crippen LogP contribution is -2.32. The predicted octanol–water partition coefficient (Wildman–Crippen LogP) is 0.936. The molecule has 0 saturated carbocycles. The van der Waals surface area contributed by atoms with Gasteiger partial charge in [0.25, 0.3) is 0 Å². The third-order valence-electron chi connectivity index (χ3n) is 2.94. The number of rotatable bonds is 10. The van der Waals surface area contributed by atoms with E-state index in [2.05, 4.69) is 11.2 Å². The maximum atomic E-state index is 9.67. The molecule has 0 amide bonds. The summed E-state index contributed by atoms with van der Waals surface area (Å²) in [6, 6.07) is 0. The second-order valence-electron chi connectivity index (χ2n) is 4.69. The van der Waals surface area contributed by atoms with E-state index in [0.29, 0.717) is 19.8 Å². The van der Waals surface area contributed by atoms with Crippen LogP contribution in [0.1, 0.15) is 32.1 Å². The molecule has 1 fully saturated rings. The van der Waals surface area contributed by atoms with Gasteiger partial charge < -0.3 is 19.9 Å². The first-order valence-electron chi connectivity index (χ1n) is 6.84. The van der Waals surface area contributed by atoms with Gasteiger partial charge in [-0.2, -0.15) is 0 Å². The van der Waals surface area contributed by atoms with Crippen LogP contribution in [0.25, 0.3) is 0 Å².